The highest BCUT2D eigenvalue weighted by molar-refractivity contribution is 5.83. The number of anilines is 1. The van der Waals surface area contributed by atoms with Crippen LogP contribution < -0.4 is 10.6 Å². The van der Waals surface area contributed by atoms with Crippen LogP contribution in [0.2, 0.25) is 0 Å². The predicted octanol–water partition coefficient (Wildman–Crippen LogP) is 1.09. The second-order valence-corrected chi connectivity index (χ2v) is 3.64. The molecular formula is C11H12F2N2O2. The molecule has 0 fully saturated rings. The van der Waals surface area contributed by atoms with Crippen LogP contribution in [0.15, 0.2) is 12.1 Å². The van der Waals surface area contributed by atoms with Crippen LogP contribution in [0.5, 0.6) is 0 Å². The lowest BCUT2D eigenvalue weighted by Gasteiger charge is -2.25. The molecule has 0 aliphatic rings. The van der Waals surface area contributed by atoms with Gasteiger partial charge in [-0.3, -0.25) is 9.59 Å². The summed E-state index contributed by atoms with van der Waals surface area (Å²) in [7, 11) is 1.34. The van der Waals surface area contributed by atoms with E-state index in [0.717, 1.165) is 17.0 Å². The fraction of sp³-hybridized carbons (Fsp3) is 0.273. The van der Waals surface area contributed by atoms with E-state index in [-0.39, 0.29) is 11.3 Å². The molecule has 0 saturated heterocycles. The Morgan fingerprint density at radius 2 is 1.88 bits per heavy atom. The molecule has 92 valence electrons. The number of halogens is 2. The fourth-order valence-electron chi connectivity index (χ4n) is 1.37. The molecule has 0 spiro atoms. The Bertz CT molecular complexity index is 440. The van der Waals surface area contributed by atoms with E-state index in [0.29, 0.717) is 6.29 Å². The highest BCUT2D eigenvalue weighted by Crippen LogP contribution is 2.25. The van der Waals surface area contributed by atoms with Crippen molar-refractivity contribution in [3.8, 4) is 0 Å². The molecule has 1 rings (SSSR count). The zero-order valence-corrected chi connectivity index (χ0v) is 9.41. The zero-order chi connectivity index (χ0) is 13.2. The standard InChI is InChI=1S/C11H12F2N2O2/c1-6(11(14)17)15(2)10-8(12)3-7(5-16)4-9(10)13/h3-6H,1-2H3,(H2,14,17). The lowest BCUT2D eigenvalue weighted by atomic mass is 10.1. The number of primary amides is 1. The van der Waals surface area contributed by atoms with Crippen molar-refractivity contribution in [1.29, 1.82) is 0 Å². The molecule has 0 heterocycles. The Morgan fingerprint density at radius 3 is 2.24 bits per heavy atom. The summed E-state index contributed by atoms with van der Waals surface area (Å²) in [5.41, 5.74) is 4.55. The Morgan fingerprint density at radius 1 is 1.41 bits per heavy atom. The molecule has 0 radical (unpaired) electrons. The summed E-state index contributed by atoms with van der Waals surface area (Å²) in [5, 5.41) is 0. The van der Waals surface area contributed by atoms with Crippen molar-refractivity contribution in [2.75, 3.05) is 11.9 Å². The third-order valence-electron chi connectivity index (χ3n) is 2.52. The van der Waals surface area contributed by atoms with Gasteiger partial charge in [-0.15, -0.1) is 0 Å². The van der Waals surface area contributed by atoms with E-state index in [1.165, 1.54) is 14.0 Å². The van der Waals surface area contributed by atoms with Gasteiger partial charge in [0.2, 0.25) is 5.91 Å². The molecule has 1 aromatic carbocycles. The minimum Gasteiger partial charge on any atom is -0.368 e. The molecular weight excluding hydrogens is 230 g/mol. The van der Waals surface area contributed by atoms with Crippen LogP contribution in [-0.2, 0) is 4.79 Å². The van der Waals surface area contributed by atoms with Gasteiger partial charge in [0.25, 0.3) is 0 Å². The van der Waals surface area contributed by atoms with Gasteiger partial charge in [0.05, 0.1) is 0 Å². The molecule has 0 aromatic heterocycles. The van der Waals surface area contributed by atoms with Crippen molar-refractivity contribution in [3.05, 3.63) is 29.3 Å². The first-order valence-electron chi connectivity index (χ1n) is 4.84. The number of hydrogen-bond donors (Lipinski definition) is 1. The average molecular weight is 242 g/mol. The molecule has 0 aliphatic heterocycles. The monoisotopic (exact) mass is 242 g/mol. The fourth-order valence-corrected chi connectivity index (χ4v) is 1.37. The molecule has 0 saturated carbocycles. The molecule has 2 N–H and O–H groups in total. The summed E-state index contributed by atoms with van der Waals surface area (Å²) in [6.45, 7) is 1.43. The van der Waals surface area contributed by atoms with Gasteiger partial charge < -0.3 is 10.6 Å². The van der Waals surface area contributed by atoms with Crippen LogP contribution in [0.3, 0.4) is 0 Å². The van der Waals surface area contributed by atoms with Crippen molar-refractivity contribution in [3.63, 3.8) is 0 Å². The molecule has 17 heavy (non-hydrogen) atoms. The summed E-state index contributed by atoms with van der Waals surface area (Å²) in [4.78, 5) is 22.4. The van der Waals surface area contributed by atoms with Gasteiger partial charge >= 0.3 is 0 Å². The lowest BCUT2D eigenvalue weighted by Crippen LogP contribution is -2.41. The maximum atomic E-state index is 13.6. The molecule has 6 heteroatoms. The topological polar surface area (TPSA) is 63.4 Å². The maximum Gasteiger partial charge on any atom is 0.239 e. The van der Waals surface area contributed by atoms with E-state index >= 15 is 0 Å². The summed E-state index contributed by atoms with van der Waals surface area (Å²) in [6.07, 6.45) is 0.341. The van der Waals surface area contributed by atoms with Crippen LogP contribution in [-0.4, -0.2) is 25.3 Å². The first-order valence-corrected chi connectivity index (χ1v) is 4.84. The maximum absolute atomic E-state index is 13.6. The molecule has 0 bridgehead atoms. The SMILES string of the molecule is CC(C(N)=O)N(C)c1c(F)cc(C=O)cc1F. The van der Waals surface area contributed by atoms with Gasteiger partial charge in [-0.2, -0.15) is 0 Å². The third-order valence-corrected chi connectivity index (χ3v) is 2.52. The number of carbonyl (C=O) groups excluding carboxylic acids is 2. The summed E-state index contributed by atoms with van der Waals surface area (Å²) in [6, 6.07) is 0.937. The van der Waals surface area contributed by atoms with E-state index in [1.54, 1.807) is 0 Å². The number of nitrogens with zero attached hydrogens (tertiary/aromatic N) is 1. The number of rotatable bonds is 4. The van der Waals surface area contributed by atoms with Gasteiger partial charge in [0.15, 0.2) is 0 Å². The average Bonchev–Trinajstić information content (AvgIpc) is 2.26. The van der Waals surface area contributed by atoms with Crippen molar-refractivity contribution in [2.24, 2.45) is 5.73 Å². The van der Waals surface area contributed by atoms with E-state index in [4.69, 9.17) is 5.73 Å². The highest BCUT2D eigenvalue weighted by Gasteiger charge is 2.22. The van der Waals surface area contributed by atoms with Gasteiger partial charge in [-0.25, -0.2) is 8.78 Å². The number of likely N-dealkylation sites (N-methyl/N-ethyl adjacent to an activating group) is 1. The normalized spacial score (nSPS) is 12.0. The van der Waals surface area contributed by atoms with Crippen LogP contribution in [0, 0.1) is 11.6 Å². The van der Waals surface area contributed by atoms with Gasteiger partial charge in [0, 0.05) is 12.6 Å². The zero-order valence-electron chi connectivity index (χ0n) is 9.41. The molecule has 4 nitrogen and oxygen atoms in total. The summed E-state index contributed by atoms with van der Waals surface area (Å²) in [5.74, 6) is -2.53. The van der Waals surface area contributed by atoms with E-state index in [9.17, 15) is 18.4 Å². The van der Waals surface area contributed by atoms with Crippen LogP contribution in [0.1, 0.15) is 17.3 Å². The quantitative estimate of drug-likeness (QED) is 0.804. The largest absolute Gasteiger partial charge is 0.368 e. The van der Waals surface area contributed by atoms with Crippen molar-refractivity contribution < 1.29 is 18.4 Å². The molecule has 1 unspecified atom stereocenters. The first-order chi connectivity index (χ1) is 7.88. The predicted molar refractivity (Wildman–Crippen MR) is 58.8 cm³/mol. The number of carbonyl (C=O) groups is 2. The van der Waals surface area contributed by atoms with E-state index < -0.39 is 23.6 Å². The van der Waals surface area contributed by atoms with Gasteiger partial charge in [-0.05, 0) is 19.1 Å². The Hall–Kier alpha value is -1.98. The first kappa shape index (κ1) is 13.1. The smallest absolute Gasteiger partial charge is 0.239 e. The third kappa shape index (κ3) is 2.58. The minimum atomic E-state index is -0.914. The summed E-state index contributed by atoms with van der Waals surface area (Å²) >= 11 is 0. The van der Waals surface area contributed by atoms with Crippen molar-refractivity contribution in [1.82, 2.24) is 0 Å². The number of nitrogens with two attached hydrogens (primary N) is 1. The Labute approximate surface area is 97.0 Å². The Kier molecular flexibility index (Phi) is 3.77. The van der Waals surface area contributed by atoms with Gasteiger partial charge in [0.1, 0.15) is 29.6 Å². The number of aldehydes is 1. The molecule has 1 atom stereocenters. The van der Waals surface area contributed by atoms with E-state index in [2.05, 4.69) is 0 Å². The van der Waals surface area contributed by atoms with Crippen LogP contribution >= 0.6 is 0 Å². The molecule has 1 amide bonds. The molecule has 0 aliphatic carbocycles. The number of amides is 1. The number of benzene rings is 1. The second-order valence-electron chi connectivity index (χ2n) is 3.64. The van der Waals surface area contributed by atoms with Crippen LogP contribution in [0.4, 0.5) is 14.5 Å². The minimum absolute atomic E-state index is 0.108. The van der Waals surface area contributed by atoms with E-state index in [1.807, 2.05) is 0 Å². The summed E-state index contributed by atoms with van der Waals surface area (Å²) < 4.78 is 27.2. The number of hydrogen-bond acceptors (Lipinski definition) is 3. The Balaban J connectivity index is 3.22. The second kappa shape index (κ2) is 4.90. The molecule has 1 aromatic rings. The van der Waals surface area contributed by atoms with Crippen molar-refractivity contribution in [2.45, 2.75) is 13.0 Å². The lowest BCUT2D eigenvalue weighted by molar-refractivity contribution is -0.118. The van der Waals surface area contributed by atoms with Gasteiger partial charge in [-0.1, -0.05) is 0 Å². The van der Waals surface area contributed by atoms with Crippen molar-refractivity contribution >= 4 is 17.9 Å². The van der Waals surface area contributed by atoms with Crippen LogP contribution in [0.25, 0.3) is 0 Å². The highest BCUT2D eigenvalue weighted by atomic mass is 19.1.